The average molecular weight is 255 g/mol. The third kappa shape index (κ3) is 6.77. The van der Waals surface area contributed by atoms with Crippen LogP contribution in [0.4, 0.5) is 8.78 Å². The Morgan fingerprint density at radius 1 is 1.56 bits per heavy atom. The van der Waals surface area contributed by atoms with Crippen molar-refractivity contribution in [3.8, 4) is 0 Å². The van der Waals surface area contributed by atoms with Crippen molar-refractivity contribution in [1.29, 1.82) is 0 Å². The Labute approximate surface area is 99.6 Å². The van der Waals surface area contributed by atoms with Gasteiger partial charge in [-0.2, -0.15) is 8.78 Å². The molecule has 0 aliphatic heterocycles. The highest BCUT2D eigenvalue weighted by atomic mass is 35.5. The molecule has 16 heavy (non-hydrogen) atoms. The van der Waals surface area contributed by atoms with Crippen LogP contribution in [0.2, 0.25) is 0 Å². The summed E-state index contributed by atoms with van der Waals surface area (Å²) in [4.78, 5) is 10.8. The largest absolute Gasteiger partial charge is 0.457 e. The van der Waals surface area contributed by atoms with Crippen LogP contribution < -0.4 is 0 Å². The lowest BCUT2D eigenvalue weighted by Crippen LogP contribution is -2.29. The molecule has 5 heteroatoms. The van der Waals surface area contributed by atoms with Gasteiger partial charge >= 0.3 is 11.4 Å². The molecular formula is C11H17ClF2O2. The van der Waals surface area contributed by atoms with E-state index < -0.39 is 17.5 Å². The van der Waals surface area contributed by atoms with E-state index in [-0.39, 0.29) is 0 Å². The molecule has 0 bridgehead atoms. The summed E-state index contributed by atoms with van der Waals surface area (Å²) in [6.07, 6.45) is 4.72. The summed E-state index contributed by atoms with van der Waals surface area (Å²) in [5.74, 6) is -1.68. The molecular weight excluding hydrogens is 238 g/mol. The molecule has 0 saturated carbocycles. The highest BCUT2D eigenvalue weighted by Gasteiger charge is 2.39. The Hall–Kier alpha value is -0.640. The molecule has 1 unspecified atom stereocenters. The predicted molar refractivity (Wildman–Crippen MR) is 59.6 cm³/mol. The molecule has 1 atom stereocenters. The number of hydrogen-bond donors (Lipinski definition) is 0. The Balaban J connectivity index is 4.11. The monoisotopic (exact) mass is 254 g/mol. The van der Waals surface area contributed by atoms with Gasteiger partial charge < -0.3 is 4.74 Å². The number of rotatable bonds is 8. The zero-order chi connectivity index (χ0) is 12.6. The molecule has 2 nitrogen and oxygen atoms in total. The molecule has 0 aromatic heterocycles. The molecule has 0 aliphatic rings. The van der Waals surface area contributed by atoms with E-state index in [9.17, 15) is 13.6 Å². The normalized spacial score (nSPS) is 13.2. The Morgan fingerprint density at radius 2 is 2.19 bits per heavy atom. The highest BCUT2D eigenvalue weighted by molar-refractivity contribution is 6.31. The number of hydrogen-bond acceptors (Lipinski definition) is 2. The second kappa shape index (κ2) is 7.60. The summed E-state index contributed by atoms with van der Waals surface area (Å²) >= 11 is 4.56. The first-order valence-corrected chi connectivity index (χ1v) is 5.68. The molecule has 0 aromatic rings. The van der Waals surface area contributed by atoms with Gasteiger partial charge in [-0.15, -0.1) is 6.58 Å². The number of ether oxygens (including phenoxy) is 1. The second-order valence-corrected chi connectivity index (χ2v) is 4.02. The van der Waals surface area contributed by atoms with Gasteiger partial charge in [-0.1, -0.05) is 25.8 Å². The topological polar surface area (TPSA) is 26.3 Å². The van der Waals surface area contributed by atoms with Crippen molar-refractivity contribution in [2.45, 2.75) is 50.5 Å². The summed E-state index contributed by atoms with van der Waals surface area (Å²) in [7, 11) is 0. The molecule has 0 aliphatic carbocycles. The van der Waals surface area contributed by atoms with Crippen LogP contribution >= 0.6 is 11.6 Å². The molecule has 0 radical (unpaired) electrons. The van der Waals surface area contributed by atoms with Crippen LogP contribution in [0, 0.1) is 0 Å². The maximum Gasteiger partial charge on any atom is 0.417 e. The predicted octanol–water partition coefficient (Wildman–Crippen LogP) is 3.89. The van der Waals surface area contributed by atoms with Crippen LogP contribution in [0.3, 0.4) is 0 Å². The van der Waals surface area contributed by atoms with Crippen LogP contribution in [-0.2, 0) is 9.53 Å². The third-order valence-electron chi connectivity index (χ3n) is 2.06. The SMILES string of the molecule is C=CCC(CCCCC)OC(=O)C(F)(F)Cl. The van der Waals surface area contributed by atoms with Crippen molar-refractivity contribution < 1.29 is 18.3 Å². The fraction of sp³-hybridized carbons (Fsp3) is 0.727. The quantitative estimate of drug-likeness (QED) is 0.284. The second-order valence-electron chi connectivity index (χ2n) is 3.55. The van der Waals surface area contributed by atoms with Crippen LogP contribution in [0.15, 0.2) is 12.7 Å². The zero-order valence-corrected chi connectivity index (χ0v) is 10.1. The Kier molecular flexibility index (Phi) is 7.30. The standard InChI is InChI=1S/C11H17ClF2O2/c1-3-5-6-8-9(7-4-2)16-10(15)11(12,13)14/h4,9H,2-3,5-8H2,1H3. The Bertz CT molecular complexity index is 227. The number of carbonyl (C=O) groups excluding carboxylic acids is 1. The van der Waals surface area contributed by atoms with Gasteiger partial charge in [-0.3, -0.25) is 0 Å². The lowest BCUT2D eigenvalue weighted by Gasteiger charge is -2.17. The van der Waals surface area contributed by atoms with E-state index in [4.69, 9.17) is 0 Å². The molecule has 0 amide bonds. The molecule has 94 valence electrons. The molecule has 0 spiro atoms. The zero-order valence-electron chi connectivity index (χ0n) is 9.35. The third-order valence-corrected chi connectivity index (χ3v) is 2.22. The van der Waals surface area contributed by atoms with E-state index in [0.717, 1.165) is 19.3 Å². The van der Waals surface area contributed by atoms with Crippen LogP contribution in [0.5, 0.6) is 0 Å². The van der Waals surface area contributed by atoms with E-state index in [0.29, 0.717) is 12.8 Å². The minimum absolute atomic E-state index is 0.364. The summed E-state index contributed by atoms with van der Waals surface area (Å²) in [5.41, 5.74) is 0. The van der Waals surface area contributed by atoms with E-state index >= 15 is 0 Å². The van der Waals surface area contributed by atoms with Crippen molar-refractivity contribution in [1.82, 2.24) is 0 Å². The number of unbranched alkanes of at least 4 members (excludes halogenated alkanes) is 2. The fourth-order valence-corrected chi connectivity index (χ4v) is 1.30. The van der Waals surface area contributed by atoms with Crippen molar-refractivity contribution in [3.05, 3.63) is 12.7 Å². The smallest absolute Gasteiger partial charge is 0.417 e. The summed E-state index contributed by atoms with van der Waals surface area (Å²) in [6.45, 7) is 5.52. The van der Waals surface area contributed by atoms with Crippen LogP contribution in [0.25, 0.3) is 0 Å². The van der Waals surface area contributed by atoms with E-state index in [1.807, 2.05) is 6.92 Å². The molecule has 0 N–H and O–H groups in total. The van der Waals surface area contributed by atoms with Crippen LogP contribution in [-0.4, -0.2) is 17.5 Å². The van der Waals surface area contributed by atoms with Crippen LogP contribution in [0.1, 0.15) is 39.0 Å². The first kappa shape index (κ1) is 15.4. The maximum atomic E-state index is 12.4. The number of alkyl halides is 3. The summed E-state index contributed by atoms with van der Waals surface area (Å²) in [6, 6.07) is 0. The minimum Gasteiger partial charge on any atom is -0.457 e. The van der Waals surface area contributed by atoms with Gasteiger partial charge in [-0.25, -0.2) is 4.79 Å². The average Bonchev–Trinajstić information content (AvgIpc) is 2.16. The van der Waals surface area contributed by atoms with Gasteiger partial charge in [-0.05, 0) is 24.4 Å². The highest BCUT2D eigenvalue weighted by Crippen LogP contribution is 2.23. The molecule has 0 rings (SSSR count). The molecule has 0 heterocycles. The Morgan fingerprint density at radius 3 is 2.62 bits per heavy atom. The van der Waals surface area contributed by atoms with Gasteiger partial charge in [0, 0.05) is 6.42 Å². The van der Waals surface area contributed by atoms with Gasteiger partial charge in [0.25, 0.3) is 0 Å². The van der Waals surface area contributed by atoms with Gasteiger partial charge in [0.1, 0.15) is 6.10 Å². The van der Waals surface area contributed by atoms with Crippen molar-refractivity contribution in [2.24, 2.45) is 0 Å². The van der Waals surface area contributed by atoms with E-state index in [2.05, 4.69) is 22.9 Å². The molecule has 0 aromatic carbocycles. The molecule has 0 saturated heterocycles. The maximum absolute atomic E-state index is 12.4. The minimum atomic E-state index is -3.94. The van der Waals surface area contributed by atoms with E-state index in [1.165, 1.54) is 6.08 Å². The first-order chi connectivity index (χ1) is 7.41. The first-order valence-electron chi connectivity index (χ1n) is 5.30. The lowest BCUT2D eigenvalue weighted by molar-refractivity contribution is -0.166. The summed E-state index contributed by atoms with van der Waals surface area (Å²) in [5, 5.41) is -3.94. The van der Waals surface area contributed by atoms with Crippen molar-refractivity contribution in [3.63, 3.8) is 0 Å². The van der Waals surface area contributed by atoms with Gasteiger partial charge in [0.15, 0.2) is 0 Å². The van der Waals surface area contributed by atoms with Crippen molar-refractivity contribution >= 4 is 17.6 Å². The molecule has 0 fully saturated rings. The fourth-order valence-electron chi connectivity index (χ4n) is 1.25. The van der Waals surface area contributed by atoms with Gasteiger partial charge in [0.2, 0.25) is 0 Å². The van der Waals surface area contributed by atoms with Crippen molar-refractivity contribution in [2.75, 3.05) is 0 Å². The number of esters is 1. The number of halogens is 3. The summed E-state index contributed by atoms with van der Waals surface area (Å²) < 4.78 is 29.3. The van der Waals surface area contributed by atoms with E-state index in [1.54, 1.807) is 0 Å². The lowest BCUT2D eigenvalue weighted by atomic mass is 10.1. The number of carbonyl (C=O) groups is 1. The van der Waals surface area contributed by atoms with Gasteiger partial charge in [0.05, 0.1) is 0 Å².